The smallest absolute Gasteiger partial charge is 0.357 e. The summed E-state index contributed by atoms with van der Waals surface area (Å²) in [6.45, 7) is 17.9. The molecular formula is C32H58N4O5SSi. The lowest BCUT2D eigenvalue weighted by Crippen LogP contribution is -2.58. The maximum Gasteiger partial charge on any atom is 0.357 e. The molecular weight excluding hydrogens is 581 g/mol. The molecule has 9 nitrogen and oxygen atoms in total. The van der Waals surface area contributed by atoms with Gasteiger partial charge in [-0.15, -0.1) is 11.3 Å². The third-order valence-electron chi connectivity index (χ3n) is 9.53. The summed E-state index contributed by atoms with van der Waals surface area (Å²) in [5.41, 5.74) is 0.296. The van der Waals surface area contributed by atoms with Crippen LogP contribution in [0.5, 0.6) is 0 Å². The van der Waals surface area contributed by atoms with E-state index < -0.39 is 20.3 Å². The van der Waals surface area contributed by atoms with Gasteiger partial charge in [-0.2, -0.15) is 0 Å². The van der Waals surface area contributed by atoms with Crippen molar-refractivity contribution in [2.24, 2.45) is 11.8 Å². The number of likely N-dealkylation sites (tertiary alicyclic amines) is 1. The minimum Gasteiger partial charge on any atom is -0.461 e. The zero-order valence-corrected chi connectivity index (χ0v) is 30.2. The van der Waals surface area contributed by atoms with E-state index in [1.165, 1.54) is 11.3 Å². The molecule has 1 aromatic rings. The van der Waals surface area contributed by atoms with Gasteiger partial charge < -0.3 is 19.4 Å². The van der Waals surface area contributed by atoms with Crippen molar-refractivity contribution in [2.45, 2.75) is 130 Å². The van der Waals surface area contributed by atoms with E-state index >= 15 is 0 Å². The average Bonchev–Trinajstić information content (AvgIpc) is 3.50. The molecule has 0 radical (unpaired) electrons. The normalized spacial score (nSPS) is 19.0. The third kappa shape index (κ3) is 9.83. The van der Waals surface area contributed by atoms with Gasteiger partial charge >= 0.3 is 5.97 Å². The highest BCUT2D eigenvalue weighted by Gasteiger charge is 2.39. The van der Waals surface area contributed by atoms with E-state index in [2.05, 4.69) is 56.7 Å². The van der Waals surface area contributed by atoms with E-state index in [1.807, 2.05) is 25.9 Å². The number of nitrogens with zero attached hydrogens (tertiary/aromatic N) is 3. The second-order valence-corrected chi connectivity index (χ2v) is 18.1. The molecule has 0 aromatic carbocycles. The molecule has 0 spiro atoms. The van der Waals surface area contributed by atoms with Gasteiger partial charge in [0.15, 0.2) is 14.0 Å². The van der Waals surface area contributed by atoms with Gasteiger partial charge in [-0.05, 0) is 69.7 Å². The quantitative estimate of drug-likeness (QED) is 0.159. The summed E-state index contributed by atoms with van der Waals surface area (Å²) < 4.78 is 12.2. The summed E-state index contributed by atoms with van der Waals surface area (Å²) in [7, 11) is 1.78. The van der Waals surface area contributed by atoms with Crippen molar-refractivity contribution >= 4 is 37.4 Å². The summed E-state index contributed by atoms with van der Waals surface area (Å²) in [5, 5.41) is 5.65. The zero-order valence-electron chi connectivity index (χ0n) is 28.4. The molecule has 43 heavy (non-hydrogen) atoms. The van der Waals surface area contributed by atoms with Crippen molar-refractivity contribution in [3.63, 3.8) is 0 Å². The number of hydrogen-bond donors (Lipinski definition) is 1. The second kappa shape index (κ2) is 17.6. The molecule has 1 aliphatic rings. The Morgan fingerprint density at radius 2 is 1.77 bits per heavy atom. The lowest BCUT2D eigenvalue weighted by molar-refractivity contribution is -0.141. The van der Waals surface area contributed by atoms with Crippen LogP contribution < -0.4 is 5.32 Å². The van der Waals surface area contributed by atoms with Crippen LogP contribution >= 0.6 is 11.3 Å². The fourth-order valence-corrected chi connectivity index (χ4v) is 9.78. The molecule has 2 heterocycles. The van der Waals surface area contributed by atoms with E-state index in [0.717, 1.165) is 55.4 Å². The first-order chi connectivity index (χ1) is 20.4. The minimum atomic E-state index is -2.07. The van der Waals surface area contributed by atoms with Gasteiger partial charge in [0.05, 0.1) is 18.8 Å². The summed E-state index contributed by atoms with van der Waals surface area (Å²) in [4.78, 5) is 48.7. The number of piperidine rings is 1. The number of ether oxygens (including phenoxy) is 1. The Morgan fingerprint density at radius 3 is 2.30 bits per heavy atom. The van der Waals surface area contributed by atoms with Gasteiger partial charge in [0.25, 0.3) is 0 Å². The highest BCUT2D eigenvalue weighted by molar-refractivity contribution is 7.09. The molecule has 1 saturated heterocycles. The van der Waals surface area contributed by atoms with Gasteiger partial charge in [0, 0.05) is 18.5 Å². The number of thiazole rings is 1. The number of amides is 2. The van der Waals surface area contributed by atoms with E-state index in [9.17, 15) is 14.4 Å². The molecule has 1 N–H and O–H groups in total. The first kappa shape index (κ1) is 37.4. The molecule has 5 atom stereocenters. The fraction of sp³-hybridized carbons (Fsp3) is 0.812. The van der Waals surface area contributed by atoms with Crippen LogP contribution in [0.15, 0.2) is 5.38 Å². The Morgan fingerprint density at radius 1 is 1.12 bits per heavy atom. The van der Waals surface area contributed by atoms with Crippen LogP contribution in [0.3, 0.4) is 0 Å². The minimum absolute atomic E-state index is 0.0147. The molecule has 1 aromatic heterocycles. The third-order valence-corrected chi connectivity index (χ3v) is 15.1. The van der Waals surface area contributed by atoms with Gasteiger partial charge in [0.1, 0.15) is 11.0 Å². The number of carbonyl (C=O) groups is 3. The summed E-state index contributed by atoms with van der Waals surface area (Å²) >= 11 is 1.42. The van der Waals surface area contributed by atoms with Crippen molar-refractivity contribution in [1.29, 1.82) is 0 Å². The van der Waals surface area contributed by atoms with Crippen molar-refractivity contribution in [1.82, 2.24) is 20.1 Å². The number of esters is 1. The highest BCUT2D eigenvalue weighted by atomic mass is 32.1. The maximum absolute atomic E-state index is 14.2. The largest absolute Gasteiger partial charge is 0.461 e. The summed E-state index contributed by atoms with van der Waals surface area (Å²) in [5.74, 6) is -0.454. The monoisotopic (exact) mass is 638 g/mol. The lowest BCUT2D eigenvalue weighted by atomic mass is 9.92. The second-order valence-electron chi connectivity index (χ2n) is 12.5. The van der Waals surface area contributed by atoms with Crippen LogP contribution in [0.1, 0.15) is 109 Å². The lowest BCUT2D eigenvalue weighted by Gasteiger charge is -2.40. The number of nitrogens with one attached hydrogen (secondary N) is 1. The van der Waals surface area contributed by atoms with Crippen LogP contribution in [0.25, 0.3) is 0 Å². The molecule has 1 aliphatic heterocycles. The number of hydrogen-bond acceptors (Lipinski definition) is 8. The Bertz CT molecular complexity index is 1020. The van der Waals surface area contributed by atoms with Crippen molar-refractivity contribution < 1.29 is 23.5 Å². The predicted molar refractivity (Wildman–Crippen MR) is 177 cm³/mol. The standard InChI is InChI=1S/C32H58N4O5SSi/c1-11-23(8)28(34-29(37)25-18-16-17-19-35(25)9)31(38)36(10)26(22(6)7)20-27(41-43(13-3,14-4)15-5)30-33-24(21-42-30)32(39)40-12-2/h21-23,25-28H,11-20H2,1-10H3,(H,34,37)/t23?,25-,26?,27?,28?/m1/s1. The number of rotatable bonds is 17. The highest BCUT2D eigenvalue weighted by Crippen LogP contribution is 2.36. The SMILES string of the molecule is CCOC(=O)c1csc(C(CC(C(C)C)N(C)C(=O)C(NC(=O)[C@H]2CCCCN2C)C(C)CC)O[Si](CC)(CC)CC)n1. The molecule has 246 valence electrons. The molecule has 2 amide bonds. The van der Waals surface area contributed by atoms with E-state index in [1.54, 1.807) is 12.3 Å². The molecule has 0 saturated carbocycles. The van der Waals surface area contributed by atoms with Crippen LogP contribution in [0.2, 0.25) is 18.1 Å². The maximum atomic E-state index is 14.2. The number of likely N-dealkylation sites (N-methyl/N-ethyl adjacent to an activating group) is 2. The molecule has 11 heteroatoms. The van der Waals surface area contributed by atoms with Crippen LogP contribution in [-0.4, -0.2) is 86.3 Å². The average molecular weight is 639 g/mol. The van der Waals surface area contributed by atoms with Crippen LogP contribution in [0, 0.1) is 11.8 Å². The zero-order chi connectivity index (χ0) is 32.3. The molecule has 4 unspecified atom stereocenters. The van der Waals surface area contributed by atoms with Crippen molar-refractivity contribution in [3.05, 3.63) is 16.1 Å². The first-order valence-corrected chi connectivity index (χ1v) is 19.9. The Hall–Kier alpha value is -1.82. The van der Waals surface area contributed by atoms with E-state index in [4.69, 9.17) is 9.16 Å². The summed E-state index contributed by atoms with van der Waals surface area (Å²) in [6, 6.07) is 1.96. The first-order valence-electron chi connectivity index (χ1n) is 16.5. The Labute approximate surface area is 265 Å². The Kier molecular flexibility index (Phi) is 15.3. The van der Waals surface area contributed by atoms with Crippen LogP contribution in [0.4, 0.5) is 0 Å². The molecule has 2 rings (SSSR count). The van der Waals surface area contributed by atoms with Crippen molar-refractivity contribution in [2.75, 3.05) is 27.2 Å². The topological polar surface area (TPSA) is 101 Å². The molecule has 0 aliphatic carbocycles. The molecule has 1 fully saturated rings. The molecule has 0 bridgehead atoms. The van der Waals surface area contributed by atoms with Gasteiger partial charge in [-0.25, -0.2) is 9.78 Å². The number of aromatic nitrogens is 1. The van der Waals surface area contributed by atoms with E-state index in [-0.39, 0.29) is 48.4 Å². The van der Waals surface area contributed by atoms with Crippen LogP contribution in [-0.2, 0) is 18.8 Å². The van der Waals surface area contributed by atoms with E-state index in [0.29, 0.717) is 12.1 Å². The summed E-state index contributed by atoms with van der Waals surface area (Å²) in [6.07, 6.45) is 3.90. The predicted octanol–water partition coefficient (Wildman–Crippen LogP) is 6.27. The van der Waals surface area contributed by atoms with Crippen molar-refractivity contribution in [3.8, 4) is 0 Å². The number of carbonyl (C=O) groups excluding carboxylic acids is 3. The Balaban J connectivity index is 2.40. The van der Waals surface area contributed by atoms with Gasteiger partial charge in [-0.1, -0.05) is 61.3 Å². The van der Waals surface area contributed by atoms with Gasteiger partial charge in [-0.3, -0.25) is 14.5 Å². The fourth-order valence-electron chi connectivity index (χ4n) is 6.05. The van der Waals surface area contributed by atoms with Gasteiger partial charge in [0.2, 0.25) is 11.8 Å².